The molecule has 2 amide bonds. The molecule has 0 aliphatic rings. The predicted molar refractivity (Wildman–Crippen MR) is 121 cm³/mol. The van der Waals surface area contributed by atoms with E-state index in [0.29, 0.717) is 17.5 Å². The number of carbonyl (C=O) groups excluding carboxylic acids is 1. The molecule has 0 bridgehead atoms. The number of hydrogen-bond acceptors (Lipinski definition) is 5. The van der Waals surface area contributed by atoms with Crippen LogP contribution in [-0.4, -0.2) is 23.3 Å². The second-order valence-corrected chi connectivity index (χ2v) is 7.41. The van der Waals surface area contributed by atoms with Crippen molar-refractivity contribution in [1.29, 1.82) is 0 Å². The lowest BCUT2D eigenvalue weighted by Gasteiger charge is -2.16. The van der Waals surface area contributed by atoms with Gasteiger partial charge in [0.1, 0.15) is 11.8 Å². The van der Waals surface area contributed by atoms with Gasteiger partial charge in [-0.05, 0) is 47.5 Å². The first-order valence-electron chi connectivity index (χ1n) is 9.94. The van der Waals surface area contributed by atoms with E-state index < -0.39 is 6.04 Å². The van der Waals surface area contributed by atoms with Crippen molar-refractivity contribution >= 4 is 17.6 Å². The van der Waals surface area contributed by atoms with Crippen LogP contribution in [0.3, 0.4) is 0 Å². The van der Waals surface area contributed by atoms with Crippen molar-refractivity contribution in [2.24, 2.45) is 0 Å². The van der Waals surface area contributed by atoms with Gasteiger partial charge >= 0.3 is 6.03 Å². The standard InChI is InChI=1S/C24H21ClN4O3/c1-31-20-9-5-6-16(14-20)15-26-24(30)27-21(17-7-3-2-4-8-17)23-29-28-22(32-23)18-10-12-19(25)13-11-18/h2-14,21H,15H2,1H3,(H2,26,27,30)/t21-/m1/s1. The van der Waals surface area contributed by atoms with Gasteiger partial charge in [-0.2, -0.15) is 0 Å². The number of ether oxygens (including phenoxy) is 1. The molecule has 0 spiro atoms. The number of aromatic nitrogens is 2. The average Bonchev–Trinajstić information content (AvgIpc) is 3.32. The number of amides is 2. The monoisotopic (exact) mass is 448 g/mol. The number of rotatable bonds is 7. The Labute approximate surface area is 190 Å². The predicted octanol–water partition coefficient (Wildman–Crippen LogP) is 4.99. The molecule has 0 unspecified atom stereocenters. The minimum atomic E-state index is -0.616. The van der Waals surface area contributed by atoms with Crippen molar-refractivity contribution in [2.45, 2.75) is 12.6 Å². The number of benzene rings is 3. The normalized spacial score (nSPS) is 11.6. The first kappa shape index (κ1) is 21.4. The van der Waals surface area contributed by atoms with E-state index in [1.165, 1.54) is 0 Å². The highest BCUT2D eigenvalue weighted by atomic mass is 35.5. The molecular formula is C24H21ClN4O3. The quantitative estimate of drug-likeness (QED) is 0.416. The molecule has 0 fully saturated rings. The lowest BCUT2D eigenvalue weighted by atomic mass is 10.1. The molecule has 0 saturated heterocycles. The first-order chi connectivity index (χ1) is 15.6. The van der Waals surface area contributed by atoms with E-state index in [1.807, 2.05) is 54.6 Å². The van der Waals surface area contributed by atoms with Crippen molar-refractivity contribution in [1.82, 2.24) is 20.8 Å². The molecule has 162 valence electrons. The van der Waals surface area contributed by atoms with Crippen LogP contribution in [0, 0.1) is 0 Å². The van der Waals surface area contributed by atoms with Crippen LogP contribution in [-0.2, 0) is 6.54 Å². The van der Waals surface area contributed by atoms with E-state index >= 15 is 0 Å². The third-order valence-electron chi connectivity index (χ3n) is 4.77. The third-order valence-corrected chi connectivity index (χ3v) is 5.03. The Bertz CT molecular complexity index is 1180. The zero-order valence-corrected chi connectivity index (χ0v) is 18.0. The molecule has 32 heavy (non-hydrogen) atoms. The second kappa shape index (κ2) is 9.98. The van der Waals surface area contributed by atoms with E-state index in [9.17, 15) is 4.79 Å². The van der Waals surface area contributed by atoms with Crippen LogP contribution in [0.1, 0.15) is 23.1 Å². The second-order valence-electron chi connectivity index (χ2n) is 6.97. The molecule has 1 heterocycles. The van der Waals surface area contributed by atoms with Gasteiger partial charge in [-0.1, -0.05) is 54.1 Å². The topological polar surface area (TPSA) is 89.3 Å². The van der Waals surface area contributed by atoms with E-state index in [-0.39, 0.29) is 11.9 Å². The molecular weight excluding hydrogens is 428 g/mol. The summed E-state index contributed by atoms with van der Waals surface area (Å²) in [4.78, 5) is 12.7. The molecule has 0 aliphatic carbocycles. The van der Waals surface area contributed by atoms with Crippen LogP contribution in [0.4, 0.5) is 4.79 Å². The molecule has 8 heteroatoms. The van der Waals surface area contributed by atoms with Gasteiger partial charge in [0, 0.05) is 17.1 Å². The Morgan fingerprint density at radius 2 is 1.81 bits per heavy atom. The molecule has 2 N–H and O–H groups in total. The Kier molecular flexibility index (Phi) is 6.67. The maximum atomic E-state index is 12.7. The van der Waals surface area contributed by atoms with Crippen molar-refractivity contribution in [3.8, 4) is 17.2 Å². The van der Waals surface area contributed by atoms with Crippen LogP contribution in [0.5, 0.6) is 5.75 Å². The van der Waals surface area contributed by atoms with Gasteiger partial charge in [-0.3, -0.25) is 0 Å². The van der Waals surface area contributed by atoms with Crippen LogP contribution in [0.15, 0.2) is 83.3 Å². The van der Waals surface area contributed by atoms with E-state index in [4.69, 9.17) is 20.8 Å². The Morgan fingerprint density at radius 1 is 1.03 bits per heavy atom. The summed E-state index contributed by atoms with van der Waals surface area (Å²) in [5, 5.41) is 14.7. The zero-order chi connectivity index (χ0) is 22.3. The lowest BCUT2D eigenvalue weighted by molar-refractivity contribution is 0.236. The number of nitrogens with zero attached hydrogens (tertiary/aromatic N) is 2. The highest BCUT2D eigenvalue weighted by molar-refractivity contribution is 6.30. The van der Waals surface area contributed by atoms with Crippen LogP contribution in [0.25, 0.3) is 11.5 Å². The summed E-state index contributed by atoms with van der Waals surface area (Å²) in [6.45, 7) is 0.338. The number of carbonyl (C=O) groups is 1. The van der Waals surface area contributed by atoms with Gasteiger partial charge in [0.05, 0.1) is 7.11 Å². The Balaban J connectivity index is 1.51. The summed E-state index contributed by atoms with van der Waals surface area (Å²) in [5.74, 6) is 1.35. The maximum Gasteiger partial charge on any atom is 0.315 e. The van der Waals surface area contributed by atoms with E-state index in [1.54, 1.807) is 31.4 Å². The number of urea groups is 1. The minimum absolute atomic E-state index is 0.276. The molecule has 7 nitrogen and oxygen atoms in total. The van der Waals surface area contributed by atoms with Crippen molar-refractivity contribution in [3.05, 3.63) is 101 Å². The highest BCUT2D eigenvalue weighted by Gasteiger charge is 2.23. The molecule has 0 radical (unpaired) electrons. The smallest absolute Gasteiger partial charge is 0.315 e. The molecule has 0 aliphatic heterocycles. The molecule has 1 aromatic heterocycles. The van der Waals surface area contributed by atoms with Crippen LogP contribution < -0.4 is 15.4 Å². The minimum Gasteiger partial charge on any atom is -0.497 e. The fraction of sp³-hybridized carbons (Fsp3) is 0.125. The third kappa shape index (κ3) is 5.25. The summed E-state index contributed by atoms with van der Waals surface area (Å²) >= 11 is 5.95. The van der Waals surface area contributed by atoms with Gasteiger partial charge in [-0.15, -0.1) is 10.2 Å². The van der Waals surface area contributed by atoms with Gasteiger partial charge in [-0.25, -0.2) is 4.79 Å². The fourth-order valence-corrected chi connectivity index (χ4v) is 3.27. The lowest BCUT2D eigenvalue weighted by Crippen LogP contribution is -2.38. The Morgan fingerprint density at radius 3 is 2.56 bits per heavy atom. The number of halogens is 1. The largest absolute Gasteiger partial charge is 0.497 e. The average molecular weight is 449 g/mol. The maximum absolute atomic E-state index is 12.7. The van der Waals surface area contributed by atoms with Gasteiger partial charge in [0.2, 0.25) is 11.8 Å². The van der Waals surface area contributed by atoms with Gasteiger partial charge in [0.15, 0.2) is 0 Å². The molecule has 4 rings (SSSR count). The van der Waals surface area contributed by atoms with Crippen molar-refractivity contribution in [2.75, 3.05) is 7.11 Å². The Hall–Kier alpha value is -3.84. The van der Waals surface area contributed by atoms with E-state index in [0.717, 1.165) is 22.4 Å². The van der Waals surface area contributed by atoms with Gasteiger partial charge in [0.25, 0.3) is 0 Å². The summed E-state index contributed by atoms with van der Waals surface area (Å²) < 4.78 is 11.1. The first-order valence-corrected chi connectivity index (χ1v) is 10.3. The zero-order valence-electron chi connectivity index (χ0n) is 17.3. The summed E-state index contributed by atoms with van der Waals surface area (Å²) in [6.07, 6.45) is 0. The summed E-state index contributed by atoms with van der Waals surface area (Å²) in [7, 11) is 1.60. The SMILES string of the molecule is COc1cccc(CNC(=O)N[C@H](c2ccccc2)c2nnc(-c3ccc(Cl)cc3)o2)c1. The highest BCUT2D eigenvalue weighted by Crippen LogP contribution is 2.26. The number of methoxy groups -OCH3 is 1. The molecule has 0 saturated carbocycles. The summed E-state index contributed by atoms with van der Waals surface area (Å²) in [5.41, 5.74) is 2.47. The molecule has 4 aromatic rings. The van der Waals surface area contributed by atoms with Crippen LogP contribution in [0.2, 0.25) is 5.02 Å². The molecule has 3 aromatic carbocycles. The van der Waals surface area contributed by atoms with Crippen molar-refractivity contribution in [3.63, 3.8) is 0 Å². The molecule has 1 atom stereocenters. The summed E-state index contributed by atoms with van der Waals surface area (Å²) in [6, 6.07) is 23.1. The van der Waals surface area contributed by atoms with Crippen molar-refractivity contribution < 1.29 is 13.9 Å². The fourth-order valence-electron chi connectivity index (χ4n) is 3.14. The number of hydrogen-bond donors (Lipinski definition) is 2. The number of nitrogens with one attached hydrogen (secondary N) is 2. The van der Waals surface area contributed by atoms with Crippen LogP contribution >= 0.6 is 11.6 Å². The van der Waals surface area contributed by atoms with E-state index in [2.05, 4.69) is 20.8 Å². The van der Waals surface area contributed by atoms with Gasteiger partial charge < -0.3 is 19.8 Å².